The van der Waals surface area contributed by atoms with Crippen LogP contribution >= 0.6 is 11.3 Å². The van der Waals surface area contributed by atoms with Gasteiger partial charge in [-0.3, -0.25) is 4.79 Å². The van der Waals surface area contributed by atoms with Crippen molar-refractivity contribution in [2.24, 2.45) is 0 Å². The molecule has 0 saturated heterocycles. The van der Waals surface area contributed by atoms with Crippen molar-refractivity contribution in [1.29, 1.82) is 0 Å². The molecule has 0 aliphatic heterocycles. The minimum Gasteiger partial charge on any atom is -0.301 e. The molecule has 1 aliphatic rings. The molecule has 1 amide bonds. The zero-order valence-electron chi connectivity index (χ0n) is 13.2. The van der Waals surface area contributed by atoms with Crippen LogP contribution in [0.25, 0.3) is 0 Å². The van der Waals surface area contributed by atoms with E-state index in [9.17, 15) is 4.79 Å². The number of nitrogens with one attached hydrogen (secondary N) is 1. The molecule has 1 heterocycles. The quantitative estimate of drug-likeness (QED) is 0.934. The van der Waals surface area contributed by atoms with Gasteiger partial charge in [-0.2, -0.15) is 0 Å². The third-order valence-electron chi connectivity index (χ3n) is 4.00. The molecule has 4 nitrogen and oxygen atoms in total. The third kappa shape index (κ3) is 3.19. The van der Waals surface area contributed by atoms with Crippen LogP contribution in [0.2, 0.25) is 0 Å². The molecule has 5 heteroatoms. The molecule has 1 aliphatic carbocycles. The number of nitrogens with zero attached hydrogens (tertiary/aromatic N) is 2. The van der Waals surface area contributed by atoms with Crippen LogP contribution in [0.5, 0.6) is 0 Å². The maximum atomic E-state index is 12.3. The van der Waals surface area contributed by atoms with E-state index in [1.807, 2.05) is 0 Å². The van der Waals surface area contributed by atoms with E-state index in [4.69, 9.17) is 0 Å². The van der Waals surface area contributed by atoms with E-state index in [-0.39, 0.29) is 11.3 Å². The molecule has 1 unspecified atom stereocenters. The number of aryl methyl sites for hydroxylation is 1. The van der Waals surface area contributed by atoms with Gasteiger partial charge in [0, 0.05) is 11.8 Å². The van der Waals surface area contributed by atoms with Crippen LogP contribution in [-0.4, -0.2) is 16.1 Å². The highest BCUT2D eigenvalue weighted by Crippen LogP contribution is 2.35. The Morgan fingerprint density at radius 2 is 2.09 bits per heavy atom. The smallest absolute Gasteiger partial charge is 0.226 e. The highest BCUT2D eigenvalue weighted by Gasteiger charge is 2.25. The first-order valence-corrected chi connectivity index (χ1v) is 8.47. The molecule has 22 heavy (non-hydrogen) atoms. The van der Waals surface area contributed by atoms with Gasteiger partial charge in [0.05, 0.1) is 0 Å². The van der Waals surface area contributed by atoms with E-state index in [1.54, 1.807) is 0 Å². The molecule has 0 saturated carbocycles. The fourth-order valence-corrected chi connectivity index (χ4v) is 3.65. The molecule has 3 rings (SSSR count). The summed E-state index contributed by atoms with van der Waals surface area (Å²) in [5.41, 5.74) is 2.67. The van der Waals surface area contributed by atoms with Crippen molar-refractivity contribution in [3.63, 3.8) is 0 Å². The summed E-state index contributed by atoms with van der Waals surface area (Å²) in [5, 5.41) is 12.7. The molecule has 2 aromatic rings. The molecule has 1 N–H and O–H groups in total. The van der Waals surface area contributed by atoms with Crippen LogP contribution in [0, 0.1) is 0 Å². The Hall–Kier alpha value is -1.75. The number of fused-ring (bicyclic) bond motifs is 1. The molecule has 0 spiro atoms. The number of anilines is 1. The average molecular weight is 315 g/mol. The molecule has 1 aromatic heterocycles. The Morgan fingerprint density at radius 1 is 1.32 bits per heavy atom. The lowest BCUT2D eigenvalue weighted by Gasteiger charge is -2.12. The van der Waals surface area contributed by atoms with Crippen LogP contribution in [0.15, 0.2) is 24.3 Å². The zero-order chi connectivity index (χ0) is 15.7. The van der Waals surface area contributed by atoms with Crippen LogP contribution in [0.1, 0.15) is 55.7 Å². The molecular formula is C17H21N3OS. The Morgan fingerprint density at radius 3 is 2.82 bits per heavy atom. The van der Waals surface area contributed by atoms with Gasteiger partial charge in [-0.1, -0.05) is 56.4 Å². The molecule has 0 fully saturated rings. The van der Waals surface area contributed by atoms with Crippen molar-refractivity contribution in [1.82, 2.24) is 10.2 Å². The molecule has 116 valence electrons. The maximum Gasteiger partial charge on any atom is 0.226 e. The van der Waals surface area contributed by atoms with Gasteiger partial charge in [-0.05, 0) is 29.9 Å². The SMILES string of the molecule is CC(C)(C)c1nnc(NC(=O)CC2CCc3ccccc32)s1. The van der Waals surface area contributed by atoms with Crippen molar-refractivity contribution in [2.75, 3.05) is 5.32 Å². The van der Waals surface area contributed by atoms with Gasteiger partial charge in [-0.25, -0.2) is 0 Å². The average Bonchev–Trinajstić information content (AvgIpc) is 3.06. The lowest BCUT2D eigenvalue weighted by atomic mass is 9.97. The van der Waals surface area contributed by atoms with Gasteiger partial charge >= 0.3 is 0 Å². The van der Waals surface area contributed by atoms with Crippen LogP contribution < -0.4 is 5.32 Å². The van der Waals surface area contributed by atoms with Gasteiger partial charge in [0.15, 0.2) is 0 Å². The Bertz CT molecular complexity index is 687. The number of hydrogen-bond donors (Lipinski definition) is 1. The minimum atomic E-state index is -0.0367. The molecule has 1 atom stereocenters. The molecular weight excluding hydrogens is 294 g/mol. The van der Waals surface area contributed by atoms with Gasteiger partial charge in [0.1, 0.15) is 5.01 Å². The van der Waals surface area contributed by atoms with E-state index in [2.05, 4.69) is 60.6 Å². The lowest BCUT2D eigenvalue weighted by molar-refractivity contribution is -0.116. The van der Waals surface area contributed by atoms with Gasteiger partial charge in [0.25, 0.3) is 0 Å². The minimum absolute atomic E-state index is 0.0262. The second kappa shape index (κ2) is 5.80. The maximum absolute atomic E-state index is 12.3. The number of hydrogen-bond acceptors (Lipinski definition) is 4. The zero-order valence-corrected chi connectivity index (χ0v) is 14.0. The summed E-state index contributed by atoms with van der Waals surface area (Å²) in [4.78, 5) is 12.3. The summed E-state index contributed by atoms with van der Waals surface area (Å²) in [5.74, 6) is 0.351. The standard InChI is InChI=1S/C17H21N3OS/c1-17(2,3)15-19-20-16(22-15)18-14(21)10-12-9-8-11-6-4-5-7-13(11)12/h4-7,12H,8-10H2,1-3H3,(H,18,20,21). The monoisotopic (exact) mass is 315 g/mol. The van der Waals surface area contributed by atoms with E-state index in [0.29, 0.717) is 17.5 Å². The fourth-order valence-electron chi connectivity index (χ4n) is 2.83. The predicted molar refractivity (Wildman–Crippen MR) is 89.4 cm³/mol. The van der Waals surface area contributed by atoms with Crippen molar-refractivity contribution in [2.45, 2.75) is 51.4 Å². The second-order valence-electron chi connectivity index (χ2n) is 6.85. The summed E-state index contributed by atoms with van der Waals surface area (Å²) in [6, 6.07) is 8.42. The molecule has 1 aromatic carbocycles. The normalized spacial score (nSPS) is 17.3. The Balaban J connectivity index is 1.63. The Labute approximate surface area is 135 Å². The fraction of sp³-hybridized carbons (Fsp3) is 0.471. The first-order chi connectivity index (χ1) is 10.4. The van der Waals surface area contributed by atoms with Crippen molar-refractivity contribution < 1.29 is 4.79 Å². The molecule has 0 radical (unpaired) electrons. The summed E-state index contributed by atoms with van der Waals surface area (Å²) in [7, 11) is 0. The third-order valence-corrected chi connectivity index (χ3v) is 5.27. The second-order valence-corrected chi connectivity index (χ2v) is 7.83. The number of amides is 1. The summed E-state index contributed by atoms with van der Waals surface area (Å²) >= 11 is 1.46. The lowest BCUT2D eigenvalue weighted by Crippen LogP contribution is -2.14. The number of benzene rings is 1. The van der Waals surface area contributed by atoms with E-state index >= 15 is 0 Å². The van der Waals surface area contributed by atoms with Crippen molar-refractivity contribution in [3.8, 4) is 0 Å². The molecule has 0 bridgehead atoms. The largest absolute Gasteiger partial charge is 0.301 e. The first-order valence-electron chi connectivity index (χ1n) is 7.65. The van der Waals surface area contributed by atoms with E-state index < -0.39 is 0 Å². The first kappa shape index (κ1) is 15.2. The van der Waals surface area contributed by atoms with E-state index in [0.717, 1.165) is 17.8 Å². The highest BCUT2D eigenvalue weighted by molar-refractivity contribution is 7.15. The number of carbonyl (C=O) groups excluding carboxylic acids is 1. The van der Waals surface area contributed by atoms with Gasteiger partial charge < -0.3 is 5.32 Å². The number of aromatic nitrogens is 2. The van der Waals surface area contributed by atoms with Crippen LogP contribution in [0.3, 0.4) is 0 Å². The Kier molecular flexibility index (Phi) is 4.00. The topological polar surface area (TPSA) is 54.9 Å². The number of carbonyl (C=O) groups is 1. The summed E-state index contributed by atoms with van der Waals surface area (Å²) in [6.07, 6.45) is 2.64. The highest BCUT2D eigenvalue weighted by atomic mass is 32.1. The van der Waals surface area contributed by atoms with Crippen molar-refractivity contribution >= 4 is 22.4 Å². The van der Waals surface area contributed by atoms with Crippen LogP contribution in [0.4, 0.5) is 5.13 Å². The van der Waals surface area contributed by atoms with Gasteiger partial charge in [0.2, 0.25) is 11.0 Å². The summed E-state index contributed by atoms with van der Waals surface area (Å²) < 4.78 is 0. The van der Waals surface area contributed by atoms with Gasteiger partial charge in [-0.15, -0.1) is 10.2 Å². The number of rotatable bonds is 3. The summed E-state index contributed by atoms with van der Waals surface area (Å²) in [6.45, 7) is 6.28. The van der Waals surface area contributed by atoms with Crippen molar-refractivity contribution in [3.05, 3.63) is 40.4 Å². The predicted octanol–water partition coefficient (Wildman–Crippen LogP) is 3.89. The van der Waals surface area contributed by atoms with E-state index in [1.165, 1.54) is 22.5 Å². The van der Waals surface area contributed by atoms with Crippen LogP contribution in [-0.2, 0) is 16.6 Å².